The van der Waals surface area contributed by atoms with Gasteiger partial charge in [0.25, 0.3) is 0 Å². The molecule has 0 unspecified atom stereocenters. The van der Waals surface area contributed by atoms with Crippen molar-refractivity contribution in [3.63, 3.8) is 0 Å². The summed E-state index contributed by atoms with van der Waals surface area (Å²) in [4.78, 5) is 10.7. The molecule has 0 aliphatic heterocycles. The maximum atomic E-state index is 4.28. The van der Waals surface area contributed by atoms with Gasteiger partial charge >= 0.3 is 0 Å². The lowest BCUT2D eigenvalue weighted by atomic mass is 10.2. The molecule has 0 atom stereocenters. The molecule has 90 valence electrons. The zero-order valence-corrected chi connectivity index (χ0v) is 11.5. The third kappa shape index (κ3) is 3.14. The van der Waals surface area contributed by atoms with Gasteiger partial charge in [-0.05, 0) is 32.3 Å². The highest BCUT2D eigenvalue weighted by molar-refractivity contribution is 9.10. The summed E-state index contributed by atoms with van der Waals surface area (Å²) < 4.78 is 1.04. The first-order chi connectivity index (χ1) is 8.16. The zero-order chi connectivity index (χ0) is 12.3. The summed E-state index contributed by atoms with van der Waals surface area (Å²) in [5.41, 5.74) is 0.954. The van der Waals surface area contributed by atoms with Crippen LogP contribution in [0.5, 0.6) is 0 Å². The predicted molar refractivity (Wildman–Crippen MR) is 74.3 cm³/mol. The van der Waals surface area contributed by atoms with Crippen LogP contribution in [0.4, 0.5) is 5.82 Å². The molecule has 0 amide bonds. The van der Waals surface area contributed by atoms with Crippen molar-refractivity contribution in [1.29, 1.82) is 0 Å². The molecule has 0 saturated carbocycles. The molecule has 1 aromatic carbocycles. The Kier molecular flexibility index (Phi) is 3.91. The van der Waals surface area contributed by atoms with E-state index in [1.54, 1.807) is 6.33 Å². The lowest BCUT2D eigenvalue weighted by molar-refractivity contribution is 0.425. The van der Waals surface area contributed by atoms with E-state index in [4.69, 9.17) is 0 Å². The first kappa shape index (κ1) is 12.3. The van der Waals surface area contributed by atoms with Gasteiger partial charge in [-0.2, -0.15) is 0 Å². The van der Waals surface area contributed by atoms with Gasteiger partial charge in [0.15, 0.2) is 0 Å². The molecule has 1 heterocycles. The number of rotatable bonds is 4. The highest BCUT2D eigenvalue weighted by atomic mass is 79.9. The van der Waals surface area contributed by atoms with Crippen LogP contribution < -0.4 is 5.32 Å². The van der Waals surface area contributed by atoms with E-state index in [0.717, 1.165) is 34.3 Å². The quantitative estimate of drug-likeness (QED) is 0.940. The second-order valence-electron chi connectivity index (χ2n) is 4.11. The Morgan fingerprint density at radius 3 is 2.88 bits per heavy atom. The SMILES string of the molecule is CN(C)CCNc1ncnc2ccc(Br)cc12. The molecule has 4 nitrogen and oxygen atoms in total. The summed E-state index contributed by atoms with van der Waals surface area (Å²) in [6.45, 7) is 1.84. The van der Waals surface area contributed by atoms with Gasteiger partial charge in [0.05, 0.1) is 5.52 Å². The Labute approximate surface area is 109 Å². The van der Waals surface area contributed by atoms with Gasteiger partial charge in [0.1, 0.15) is 12.1 Å². The van der Waals surface area contributed by atoms with Crippen molar-refractivity contribution in [3.05, 3.63) is 29.0 Å². The highest BCUT2D eigenvalue weighted by Gasteiger charge is 2.03. The second kappa shape index (κ2) is 5.42. The molecule has 0 radical (unpaired) electrons. The van der Waals surface area contributed by atoms with Crippen LogP contribution in [0.15, 0.2) is 29.0 Å². The van der Waals surface area contributed by atoms with Crippen LogP contribution >= 0.6 is 15.9 Å². The van der Waals surface area contributed by atoms with Gasteiger partial charge < -0.3 is 10.2 Å². The van der Waals surface area contributed by atoms with Crippen LogP contribution in [-0.4, -0.2) is 42.1 Å². The number of anilines is 1. The lowest BCUT2D eigenvalue weighted by Gasteiger charge is -2.12. The van der Waals surface area contributed by atoms with Crippen LogP contribution in [-0.2, 0) is 0 Å². The Morgan fingerprint density at radius 2 is 2.12 bits per heavy atom. The van der Waals surface area contributed by atoms with Gasteiger partial charge in [-0.3, -0.25) is 0 Å². The molecule has 2 rings (SSSR count). The van der Waals surface area contributed by atoms with Crippen molar-refractivity contribution >= 4 is 32.7 Å². The molecule has 5 heteroatoms. The van der Waals surface area contributed by atoms with Crippen molar-refractivity contribution in [3.8, 4) is 0 Å². The molecule has 1 aromatic heterocycles. The summed E-state index contributed by atoms with van der Waals surface area (Å²) in [5, 5.41) is 4.37. The van der Waals surface area contributed by atoms with Crippen LogP contribution in [0.25, 0.3) is 10.9 Å². The normalized spacial score (nSPS) is 11.1. The van der Waals surface area contributed by atoms with Crippen LogP contribution in [0.2, 0.25) is 0 Å². The van der Waals surface area contributed by atoms with Crippen molar-refractivity contribution in [1.82, 2.24) is 14.9 Å². The number of aromatic nitrogens is 2. The highest BCUT2D eigenvalue weighted by Crippen LogP contribution is 2.22. The standard InChI is InChI=1S/C12H15BrN4/c1-17(2)6-5-14-12-10-7-9(13)3-4-11(10)15-8-16-12/h3-4,7-8H,5-6H2,1-2H3,(H,14,15,16). The number of fused-ring (bicyclic) bond motifs is 1. The van der Waals surface area contributed by atoms with E-state index in [0.29, 0.717) is 0 Å². The first-order valence-corrected chi connectivity index (χ1v) is 6.25. The summed E-state index contributed by atoms with van der Waals surface area (Å²) >= 11 is 3.47. The predicted octanol–water partition coefficient (Wildman–Crippen LogP) is 2.37. The smallest absolute Gasteiger partial charge is 0.137 e. The topological polar surface area (TPSA) is 41.0 Å². The summed E-state index contributed by atoms with van der Waals surface area (Å²) in [5.74, 6) is 0.887. The Balaban J connectivity index is 2.24. The average molecular weight is 295 g/mol. The number of hydrogen-bond acceptors (Lipinski definition) is 4. The van der Waals surface area contributed by atoms with E-state index in [1.807, 2.05) is 18.2 Å². The molecule has 0 aliphatic carbocycles. The fourth-order valence-electron chi connectivity index (χ4n) is 1.57. The van der Waals surface area contributed by atoms with E-state index < -0.39 is 0 Å². The third-order valence-corrected chi connectivity index (χ3v) is 2.94. The van der Waals surface area contributed by atoms with E-state index in [1.165, 1.54) is 0 Å². The molecule has 0 bridgehead atoms. The molecule has 2 aromatic rings. The largest absolute Gasteiger partial charge is 0.368 e. The minimum Gasteiger partial charge on any atom is -0.368 e. The minimum atomic E-state index is 0.867. The fraction of sp³-hybridized carbons (Fsp3) is 0.333. The van der Waals surface area contributed by atoms with Crippen molar-refractivity contribution in [2.24, 2.45) is 0 Å². The van der Waals surface area contributed by atoms with Crippen LogP contribution in [0.3, 0.4) is 0 Å². The summed E-state index contributed by atoms with van der Waals surface area (Å²) in [6, 6.07) is 6.00. The molecule has 0 spiro atoms. The van der Waals surface area contributed by atoms with Gasteiger partial charge in [-0.25, -0.2) is 9.97 Å². The molecule has 1 N–H and O–H groups in total. The molecule has 0 saturated heterocycles. The number of hydrogen-bond donors (Lipinski definition) is 1. The maximum Gasteiger partial charge on any atom is 0.137 e. The zero-order valence-electron chi connectivity index (χ0n) is 9.94. The number of nitrogens with one attached hydrogen (secondary N) is 1. The molecule has 17 heavy (non-hydrogen) atoms. The van der Waals surface area contributed by atoms with Crippen LogP contribution in [0.1, 0.15) is 0 Å². The van der Waals surface area contributed by atoms with Gasteiger partial charge in [-0.1, -0.05) is 15.9 Å². The monoisotopic (exact) mass is 294 g/mol. The van der Waals surface area contributed by atoms with E-state index in [-0.39, 0.29) is 0 Å². The van der Waals surface area contributed by atoms with Gasteiger partial charge in [0.2, 0.25) is 0 Å². The number of likely N-dealkylation sites (N-methyl/N-ethyl adjacent to an activating group) is 1. The van der Waals surface area contributed by atoms with Crippen molar-refractivity contribution in [2.75, 3.05) is 32.5 Å². The first-order valence-electron chi connectivity index (χ1n) is 5.45. The Morgan fingerprint density at radius 1 is 1.29 bits per heavy atom. The van der Waals surface area contributed by atoms with E-state index in [2.05, 4.69) is 50.2 Å². The number of benzene rings is 1. The van der Waals surface area contributed by atoms with Gasteiger partial charge in [-0.15, -0.1) is 0 Å². The minimum absolute atomic E-state index is 0.867. The summed E-state index contributed by atoms with van der Waals surface area (Å²) in [7, 11) is 4.10. The third-order valence-electron chi connectivity index (χ3n) is 2.45. The second-order valence-corrected chi connectivity index (χ2v) is 5.03. The van der Waals surface area contributed by atoms with Gasteiger partial charge in [0, 0.05) is 22.9 Å². The maximum absolute atomic E-state index is 4.28. The number of nitrogens with zero attached hydrogens (tertiary/aromatic N) is 3. The Bertz CT molecular complexity index is 513. The molecular formula is C12H15BrN4. The van der Waals surface area contributed by atoms with E-state index in [9.17, 15) is 0 Å². The number of halogens is 1. The fourth-order valence-corrected chi connectivity index (χ4v) is 1.93. The van der Waals surface area contributed by atoms with Crippen molar-refractivity contribution in [2.45, 2.75) is 0 Å². The van der Waals surface area contributed by atoms with Crippen molar-refractivity contribution < 1.29 is 0 Å². The lowest BCUT2D eigenvalue weighted by Crippen LogP contribution is -2.21. The molecule has 0 aliphatic rings. The molecule has 0 fully saturated rings. The van der Waals surface area contributed by atoms with Crippen LogP contribution in [0, 0.1) is 0 Å². The Hall–Kier alpha value is -1.20. The average Bonchev–Trinajstić information content (AvgIpc) is 2.29. The van der Waals surface area contributed by atoms with E-state index >= 15 is 0 Å². The molecular weight excluding hydrogens is 280 g/mol. The summed E-state index contributed by atoms with van der Waals surface area (Å²) in [6.07, 6.45) is 1.59.